The molecule has 0 saturated carbocycles. The molecule has 1 aliphatic rings. The van der Waals surface area contributed by atoms with Gasteiger partial charge in [-0.3, -0.25) is 4.79 Å². The zero-order valence-electron chi connectivity index (χ0n) is 18.5. The van der Waals surface area contributed by atoms with Crippen LogP contribution in [0.3, 0.4) is 0 Å². The summed E-state index contributed by atoms with van der Waals surface area (Å²) in [4.78, 5) is 20.9. The number of hydrogen-bond acceptors (Lipinski definition) is 4. The first-order valence-corrected chi connectivity index (χ1v) is 12.6. The van der Waals surface area contributed by atoms with E-state index in [1.807, 2.05) is 24.3 Å². The Labute approximate surface area is 189 Å². The van der Waals surface area contributed by atoms with Crippen molar-refractivity contribution >= 4 is 27.0 Å². The van der Waals surface area contributed by atoms with Crippen LogP contribution < -0.4 is 5.32 Å². The summed E-state index contributed by atoms with van der Waals surface area (Å²) in [5, 5.41) is 3.10. The Morgan fingerprint density at radius 1 is 1.09 bits per heavy atom. The average Bonchev–Trinajstić information content (AvgIpc) is 3.46. The number of H-pyrrole nitrogens is 1. The zero-order valence-corrected chi connectivity index (χ0v) is 19.4. The van der Waals surface area contributed by atoms with Gasteiger partial charge >= 0.3 is 0 Å². The standard InChI is InChI=1S/C24H30N4O3S/c1-17(2)23(24-25-20-7-3-4-8-21(20)26-24)27-22(29)14-11-18-9-12-19(13-10-18)32(30,31)28-15-5-6-16-28/h3-4,7-10,12-13,17,23H,5-6,11,14-16H2,1-2H3,(H,25,26)(H,27,29)/t23-/m1/s1. The van der Waals surface area contributed by atoms with Gasteiger partial charge in [0, 0.05) is 19.5 Å². The van der Waals surface area contributed by atoms with Crippen molar-refractivity contribution in [3.05, 3.63) is 59.9 Å². The van der Waals surface area contributed by atoms with E-state index >= 15 is 0 Å². The largest absolute Gasteiger partial charge is 0.346 e. The van der Waals surface area contributed by atoms with E-state index in [0.717, 1.165) is 35.3 Å². The minimum atomic E-state index is -3.41. The number of fused-ring (bicyclic) bond motifs is 1. The maximum atomic E-state index is 12.7. The molecule has 8 heteroatoms. The van der Waals surface area contributed by atoms with Gasteiger partial charge in [0.15, 0.2) is 0 Å². The molecule has 1 amide bonds. The topological polar surface area (TPSA) is 95.2 Å². The number of aromatic nitrogens is 2. The van der Waals surface area contributed by atoms with E-state index in [4.69, 9.17) is 0 Å². The molecule has 3 aromatic rings. The number of imidazole rings is 1. The minimum Gasteiger partial charge on any atom is -0.346 e. The predicted molar refractivity (Wildman–Crippen MR) is 125 cm³/mol. The number of rotatable bonds is 8. The molecule has 2 aromatic carbocycles. The van der Waals surface area contributed by atoms with Crippen LogP contribution in [0.2, 0.25) is 0 Å². The Balaban J connectivity index is 1.37. The molecule has 1 atom stereocenters. The van der Waals surface area contributed by atoms with Crippen molar-refractivity contribution in [3.8, 4) is 0 Å². The third kappa shape index (κ3) is 4.86. The Morgan fingerprint density at radius 2 is 1.78 bits per heavy atom. The molecule has 1 saturated heterocycles. The van der Waals surface area contributed by atoms with Crippen molar-refractivity contribution in [1.82, 2.24) is 19.6 Å². The van der Waals surface area contributed by atoms with Crippen molar-refractivity contribution in [2.75, 3.05) is 13.1 Å². The molecule has 0 aliphatic carbocycles. The van der Waals surface area contributed by atoms with Crippen LogP contribution in [0.5, 0.6) is 0 Å². The Morgan fingerprint density at radius 3 is 2.44 bits per heavy atom. The summed E-state index contributed by atoms with van der Waals surface area (Å²) in [5.74, 6) is 0.874. The molecular formula is C24H30N4O3S. The van der Waals surface area contributed by atoms with E-state index in [1.165, 1.54) is 0 Å². The SMILES string of the molecule is CC(C)[C@@H](NC(=O)CCc1ccc(S(=O)(=O)N2CCCC2)cc1)c1nc2ccccc2[nH]1. The van der Waals surface area contributed by atoms with Crippen molar-refractivity contribution in [1.29, 1.82) is 0 Å². The molecule has 1 fully saturated rings. The van der Waals surface area contributed by atoms with Crippen LogP contribution in [0.15, 0.2) is 53.4 Å². The number of benzene rings is 2. The molecule has 2 heterocycles. The van der Waals surface area contributed by atoms with Crippen molar-refractivity contribution in [3.63, 3.8) is 0 Å². The lowest BCUT2D eigenvalue weighted by Crippen LogP contribution is -2.32. The van der Waals surface area contributed by atoms with E-state index < -0.39 is 10.0 Å². The number of aryl methyl sites for hydroxylation is 1. The Bertz CT molecular complexity index is 1150. The third-order valence-corrected chi connectivity index (χ3v) is 7.87. The summed E-state index contributed by atoms with van der Waals surface area (Å²) in [5.41, 5.74) is 2.77. The van der Waals surface area contributed by atoms with Gasteiger partial charge in [-0.05, 0) is 55.0 Å². The average molecular weight is 455 g/mol. The molecule has 170 valence electrons. The van der Waals surface area contributed by atoms with Crippen LogP contribution >= 0.6 is 0 Å². The number of amides is 1. The summed E-state index contributed by atoms with van der Waals surface area (Å²) in [6, 6.07) is 14.5. The number of sulfonamides is 1. The van der Waals surface area contributed by atoms with Gasteiger partial charge in [0.2, 0.25) is 15.9 Å². The number of nitrogens with zero attached hydrogens (tertiary/aromatic N) is 2. The molecule has 32 heavy (non-hydrogen) atoms. The van der Waals surface area contributed by atoms with Crippen LogP contribution in [0.25, 0.3) is 11.0 Å². The van der Waals surface area contributed by atoms with E-state index in [9.17, 15) is 13.2 Å². The number of hydrogen-bond donors (Lipinski definition) is 2. The Kier molecular flexibility index (Phi) is 6.62. The summed E-state index contributed by atoms with van der Waals surface area (Å²) in [6.45, 7) is 5.29. The second-order valence-corrected chi connectivity index (χ2v) is 10.6. The molecule has 0 bridgehead atoms. The van der Waals surface area contributed by atoms with E-state index in [2.05, 4.69) is 29.1 Å². The lowest BCUT2D eigenvalue weighted by molar-refractivity contribution is -0.122. The van der Waals surface area contributed by atoms with Crippen LogP contribution in [0, 0.1) is 5.92 Å². The monoisotopic (exact) mass is 454 g/mol. The van der Waals surface area contributed by atoms with Crippen molar-refractivity contribution in [2.45, 2.75) is 50.5 Å². The van der Waals surface area contributed by atoms with Crippen LogP contribution in [-0.2, 0) is 21.2 Å². The van der Waals surface area contributed by atoms with Gasteiger partial charge in [-0.25, -0.2) is 13.4 Å². The van der Waals surface area contributed by atoms with E-state index in [1.54, 1.807) is 28.6 Å². The number of aromatic amines is 1. The highest BCUT2D eigenvalue weighted by Gasteiger charge is 2.27. The highest BCUT2D eigenvalue weighted by Crippen LogP contribution is 2.23. The zero-order chi connectivity index (χ0) is 22.7. The summed E-state index contributed by atoms with van der Waals surface area (Å²) < 4.78 is 26.8. The fraction of sp³-hybridized carbons (Fsp3) is 0.417. The van der Waals surface area contributed by atoms with Crippen LogP contribution in [0.4, 0.5) is 0 Å². The molecule has 1 aromatic heterocycles. The lowest BCUT2D eigenvalue weighted by Gasteiger charge is -2.20. The maximum Gasteiger partial charge on any atom is 0.243 e. The van der Waals surface area contributed by atoms with Gasteiger partial charge in [0.05, 0.1) is 22.0 Å². The second kappa shape index (κ2) is 9.42. The molecule has 7 nitrogen and oxygen atoms in total. The van der Waals surface area contributed by atoms with Gasteiger partial charge in [-0.1, -0.05) is 38.1 Å². The van der Waals surface area contributed by atoms with E-state index in [-0.39, 0.29) is 17.9 Å². The van der Waals surface area contributed by atoms with E-state index in [0.29, 0.717) is 30.8 Å². The van der Waals surface area contributed by atoms with Gasteiger partial charge in [-0.2, -0.15) is 4.31 Å². The fourth-order valence-corrected chi connectivity index (χ4v) is 5.60. The highest BCUT2D eigenvalue weighted by molar-refractivity contribution is 7.89. The molecule has 0 spiro atoms. The lowest BCUT2D eigenvalue weighted by atomic mass is 10.0. The summed E-state index contributed by atoms with van der Waals surface area (Å²) in [7, 11) is -3.41. The molecule has 1 aliphatic heterocycles. The van der Waals surface area contributed by atoms with Crippen molar-refractivity contribution in [2.24, 2.45) is 5.92 Å². The third-order valence-electron chi connectivity index (χ3n) is 5.95. The minimum absolute atomic E-state index is 0.0575. The molecular weight excluding hydrogens is 424 g/mol. The predicted octanol–water partition coefficient (Wildman–Crippen LogP) is 3.79. The number of carbonyl (C=O) groups is 1. The first-order chi connectivity index (χ1) is 15.3. The Hall–Kier alpha value is -2.71. The summed E-state index contributed by atoms with van der Waals surface area (Å²) >= 11 is 0. The quantitative estimate of drug-likeness (QED) is 0.541. The number of nitrogens with one attached hydrogen (secondary N) is 2. The molecule has 2 N–H and O–H groups in total. The second-order valence-electron chi connectivity index (χ2n) is 8.68. The molecule has 0 unspecified atom stereocenters. The van der Waals surface area contributed by atoms with Gasteiger partial charge in [0.25, 0.3) is 0 Å². The maximum absolute atomic E-state index is 12.7. The van der Waals surface area contributed by atoms with Crippen molar-refractivity contribution < 1.29 is 13.2 Å². The summed E-state index contributed by atoms with van der Waals surface area (Å²) in [6.07, 6.45) is 2.69. The van der Waals surface area contributed by atoms with Gasteiger partial charge in [0.1, 0.15) is 5.82 Å². The molecule has 0 radical (unpaired) electrons. The number of para-hydroxylation sites is 2. The molecule has 4 rings (SSSR count). The fourth-order valence-electron chi connectivity index (χ4n) is 4.08. The van der Waals surface area contributed by atoms with Gasteiger partial charge < -0.3 is 10.3 Å². The normalized spacial score (nSPS) is 16.0. The van der Waals surface area contributed by atoms with Crippen LogP contribution in [-0.4, -0.2) is 41.7 Å². The van der Waals surface area contributed by atoms with Gasteiger partial charge in [-0.15, -0.1) is 0 Å². The van der Waals surface area contributed by atoms with Crippen LogP contribution in [0.1, 0.15) is 50.5 Å². The first-order valence-electron chi connectivity index (χ1n) is 11.2. The highest BCUT2D eigenvalue weighted by atomic mass is 32.2. The smallest absolute Gasteiger partial charge is 0.243 e. The first kappa shape index (κ1) is 22.5. The number of carbonyl (C=O) groups excluding carboxylic acids is 1.